The van der Waals surface area contributed by atoms with E-state index in [1.165, 1.54) is 71.8 Å². The van der Waals surface area contributed by atoms with E-state index in [0.717, 1.165) is 33.5 Å². The van der Waals surface area contributed by atoms with Crippen LogP contribution in [0.3, 0.4) is 0 Å². The Balaban J connectivity index is 0.999. The lowest BCUT2D eigenvalue weighted by Gasteiger charge is -2.23. The van der Waals surface area contributed by atoms with E-state index in [-0.39, 0.29) is 5.41 Å². The Morgan fingerprint density at radius 3 is 1.64 bits per heavy atom. The Morgan fingerprint density at radius 1 is 0.322 bits per heavy atom. The summed E-state index contributed by atoms with van der Waals surface area (Å²) in [6, 6.07) is 74.3. The molecule has 0 radical (unpaired) electrons. The molecule has 1 aromatic heterocycles. The molecule has 9 aromatic carbocycles. The standard InChI is InChI=1S/C57H40N2/c1-57(2)52-33-29-43(35-51(52)50-30-28-39-16-9-10-21-46(39)55(50)57)42-19-13-20-44(34-42)45-31-32-49(48-23-12-11-22-47(45)48)54-36-53(58-56(59-54)41-17-7-4-8-18-41)40-26-24-38(25-27-40)37-14-5-3-6-15-37/h3-36H,1-2H3. The number of benzene rings is 9. The van der Waals surface area contributed by atoms with Crippen LogP contribution in [0.1, 0.15) is 25.0 Å². The van der Waals surface area contributed by atoms with Gasteiger partial charge in [-0.3, -0.25) is 0 Å². The molecule has 10 aromatic rings. The summed E-state index contributed by atoms with van der Waals surface area (Å²) in [6.45, 7) is 4.74. The Morgan fingerprint density at radius 2 is 0.864 bits per heavy atom. The van der Waals surface area contributed by atoms with Crippen molar-refractivity contribution in [3.05, 3.63) is 217 Å². The fourth-order valence-corrected chi connectivity index (χ4v) is 9.35. The van der Waals surface area contributed by atoms with Crippen molar-refractivity contribution in [2.45, 2.75) is 19.3 Å². The third kappa shape index (κ3) is 5.96. The van der Waals surface area contributed by atoms with Crippen molar-refractivity contribution in [2.75, 3.05) is 0 Å². The molecule has 278 valence electrons. The second kappa shape index (κ2) is 13.9. The molecule has 0 unspecified atom stereocenters. The molecule has 11 rings (SSSR count). The molecule has 0 bridgehead atoms. The molecule has 0 saturated heterocycles. The highest BCUT2D eigenvalue weighted by Gasteiger charge is 2.37. The van der Waals surface area contributed by atoms with Crippen LogP contribution >= 0.6 is 0 Å². The van der Waals surface area contributed by atoms with Crippen LogP contribution in [0.4, 0.5) is 0 Å². The van der Waals surface area contributed by atoms with Gasteiger partial charge in [-0.2, -0.15) is 0 Å². The van der Waals surface area contributed by atoms with Gasteiger partial charge in [-0.15, -0.1) is 0 Å². The summed E-state index contributed by atoms with van der Waals surface area (Å²) in [6.07, 6.45) is 0. The highest BCUT2D eigenvalue weighted by atomic mass is 14.9. The number of nitrogens with zero attached hydrogens (tertiary/aromatic N) is 2. The molecule has 0 aliphatic heterocycles. The second-order valence-corrected chi connectivity index (χ2v) is 16.2. The van der Waals surface area contributed by atoms with E-state index in [1.807, 2.05) is 18.2 Å². The van der Waals surface area contributed by atoms with Gasteiger partial charge in [0, 0.05) is 22.1 Å². The fourth-order valence-electron chi connectivity index (χ4n) is 9.35. The maximum absolute atomic E-state index is 5.23. The van der Waals surface area contributed by atoms with E-state index < -0.39 is 0 Å². The first-order chi connectivity index (χ1) is 29.0. The van der Waals surface area contributed by atoms with Crippen LogP contribution in [-0.2, 0) is 5.41 Å². The van der Waals surface area contributed by atoms with Crippen molar-refractivity contribution in [3.8, 4) is 78.4 Å². The molecule has 59 heavy (non-hydrogen) atoms. The summed E-state index contributed by atoms with van der Waals surface area (Å²) in [5, 5.41) is 4.98. The van der Waals surface area contributed by atoms with Gasteiger partial charge in [0.25, 0.3) is 0 Å². The third-order valence-electron chi connectivity index (χ3n) is 12.3. The molecule has 1 aliphatic carbocycles. The van der Waals surface area contributed by atoms with E-state index in [1.54, 1.807) is 0 Å². The lowest BCUT2D eigenvalue weighted by atomic mass is 9.80. The van der Waals surface area contributed by atoms with Crippen molar-refractivity contribution < 1.29 is 0 Å². The Hall–Kier alpha value is -7.42. The fraction of sp³-hybridized carbons (Fsp3) is 0.0526. The van der Waals surface area contributed by atoms with Crippen LogP contribution in [0.25, 0.3) is 100.0 Å². The van der Waals surface area contributed by atoms with Crippen molar-refractivity contribution in [1.82, 2.24) is 9.97 Å². The highest BCUT2D eigenvalue weighted by Crippen LogP contribution is 2.52. The van der Waals surface area contributed by atoms with E-state index >= 15 is 0 Å². The third-order valence-corrected chi connectivity index (χ3v) is 12.3. The SMILES string of the molecule is CC1(C)c2ccc(-c3cccc(-c4ccc(-c5cc(-c6ccc(-c7ccccc7)cc6)nc(-c6ccccc6)n5)c5ccccc45)c3)cc2-c2ccc3ccccc3c21. The number of fused-ring (bicyclic) bond motifs is 6. The molecule has 1 aliphatic rings. The first-order valence-electron chi connectivity index (χ1n) is 20.4. The zero-order chi connectivity index (χ0) is 39.5. The van der Waals surface area contributed by atoms with Gasteiger partial charge in [-0.25, -0.2) is 9.97 Å². The first kappa shape index (κ1) is 34.8. The van der Waals surface area contributed by atoms with E-state index in [2.05, 4.69) is 202 Å². The van der Waals surface area contributed by atoms with Gasteiger partial charge in [0.15, 0.2) is 5.82 Å². The minimum atomic E-state index is -0.0775. The average molecular weight is 753 g/mol. The molecular formula is C57H40N2. The minimum absolute atomic E-state index is 0.0775. The van der Waals surface area contributed by atoms with Gasteiger partial charge in [-0.05, 0) is 95.4 Å². The molecule has 0 fully saturated rings. The van der Waals surface area contributed by atoms with Gasteiger partial charge in [0.05, 0.1) is 11.4 Å². The average Bonchev–Trinajstić information content (AvgIpc) is 3.54. The number of aromatic nitrogens is 2. The Kier molecular flexibility index (Phi) is 8.20. The molecule has 0 amide bonds. The van der Waals surface area contributed by atoms with Crippen molar-refractivity contribution in [1.29, 1.82) is 0 Å². The summed E-state index contributed by atoms with van der Waals surface area (Å²) in [4.78, 5) is 10.4. The van der Waals surface area contributed by atoms with Gasteiger partial charge < -0.3 is 0 Å². The van der Waals surface area contributed by atoms with E-state index in [9.17, 15) is 0 Å². The predicted molar refractivity (Wildman–Crippen MR) is 247 cm³/mol. The Labute approximate surface area is 345 Å². The largest absolute Gasteiger partial charge is 0.228 e. The van der Waals surface area contributed by atoms with Crippen LogP contribution in [0.15, 0.2) is 206 Å². The van der Waals surface area contributed by atoms with Crippen molar-refractivity contribution in [3.63, 3.8) is 0 Å². The quantitative estimate of drug-likeness (QED) is 0.169. The van der Waals surface area contributed by atoms with Crippen molar-refractivity contribution in [2.24, 2.45) is 0 Å². The summed E-state index contributed by atoms with van der Waals surface area (Å²) < 4.78 is 0. The number of hydrogen-bond acceptors (Lipinski definition) is 2. The summed E-state index contributed by atoms with van der Waals surface area (Å²) in [5.41, 5.74) is 17.5. The van der Waals surface area contributed by atoms with Gasteiger partial charge in [0.2, 0.25) is 0 Å². The molecular weight excluding hydrogens is 713 g/mol. The van der Waals surface area contributed by atoms with Crippen molar-refractivity contribution >= 4 is 21.5 Å². The molecule has 1 heterocycles. The molecule has 0 spiro atoms. The van der Waals surface area contributed by atoms with Crippen LogP contribution in [-0.4, -0.2) is 9.97 Å². The van der Waals surface area contributed by atoms with Gasteiger partial charge >= 0.3 is 0 Å². The number of rotatable bonds is 6. The molecule has 0 atom stereocenters. The molecule has 0 saturated carbocycles. The highest BCUT2D eigenvalue weighted by molar-refractivity contribution is 6.05. The van der Waals surface area contributed by atoms with Gasteiger partial charge in [-0.1, -0.05) is 202 Å². The molecule has 0 N–H and O–H groups in total. The molecule has 2 nitrogen and oxygen atoms in total. The lowest BCUT2D eigenvalue weighted by molar-refractivity contribution is 0.666. The minimum Gasteiger partial charge on any atom is -0.228 e. The topological polar surface area (TPSA) is 25.8 Å². The summed E-state index contributed by atoms with van der Waals surface area (Å²) in [7, 11) is 0. The van der Waals surface area contributed by atoms with Crippen LogP contribution in [0.5, 0.6) is 0 Å². The second-order valence-electron chi connectivity index (χ2n) is 16.2. The van der Waals surface area contributed by atoms with Crippen LogP contribution < -0.4 is 0 Å². The Bertz CT molecular complexity index is 3220. The van der Waals surface area contributed by atoms with E-state index in [0.29, 0.717) is 5.82 Å². The zero-order valence-corrected chi connectivity index (χ0v) is 33.0. The predicted octanol–water partition coefficient (Wildman–Crippen LogP) is 15.1. The molecule has 2 heteroatoms. The normalized spacial score (nSPS) is 12.7. The van der Waals surface area contributed by atoms with Crippen LogP contribution in [0, 0.1) is 0 Å². The summed E-state index contributed by atoms with van der Waals surface area (Å²) in [5.74, 6) is 0.708. The van der Waals surface area contributed by atoms with Crippen LogP contribution in [0.2, 0.25) is 0 Å². The smallest absolute Gasteiger partial charge is 0.160 e. The maximum Gasteiger partial charge on any atom is 0.160 e. The summed E-state index contributed by atoms with van der Waals surface area (Å²) >= 11 is 0. The lowest BCUT2D eigenvalue weighted by Crippen LogP contribution is -2.15. The van der Waals surface area contributed by atoms with E-state index in [4.69, 9.17) is 9.97 Å². The van der Waals surface area contributed by atoms with Gasteiger partial charge in [0.1, 0.15) is 0 Å². The maximum atomic E-state index is 5.23. The first-order valence-corrected chi connectivity index (χ1v) is 20.4. The zero-order valence-electron chi connectivity index (χ0n) is 33.0. The monoisotopic (exact) mass is 752 g/mol. The number of hydrogen-bond donors (Lipinski definition) is 0.